The van der Waals surface area contributed by atoms with Crippen molar-refractivity contribution in [2.75, 3.05) is 0 Å². The Morgan fingerprint density at radius 2 is 2.64 bits per heavy atom. The van der Waals surface area contributed by atoms with Gasteiger partial charge in [-0.2, -0.15) is 0 Å². The summed E-state index contributed by atoms with van der Waals surface area (Å²) in [4.78, 5) is 18.1. The molecule has 1 radical (unpaired) electrons. The lowest BCUT2D eigenvalue weighted by Crippen LogP contribution is -2.19. The molecule has 0 aliphatic rings. The van der Waals surface area contributed by atoms with Gasteiger partial charge in [-0.15, -0.1) is 0 Å². The van der Waals surface area contributed by atoms with E-state index < -0.39 is 0 Å². The van der Waals surface area contributed by atoms with Crippen molar-refractivity contribution >= 4 is 5.91 Å². The SMILES string of the molecule is CC(=O)NCc1cn[c]cn1. The first-order valence-electron chi connectivity index (χ1n) is 3.20. The Hall–Kier alpha value is -1.45. The second-order valence-electron chi connectivity index (χ2n) is 2.05. The molecule has 1 heterocycles. The minimum Gasteiger partial charge on any atom is -0.351 e. The highest BCUT2D eigenvalue weighted by molar-refractivity contribution is 5.72. The van der Waals surface area contributed by atoms with Gasteiger partial charge in [0.05, 0.1) is 24.6 Å². The molecule has 1 N–H and O–H groups in total. The second-order valence-corrected chi connectivity index (χ2v) is 2.05. The summed E-state index contributed by atoms with van der Waals surface area (Å²) >= 11 is 0. The normalized spacial score (nSPS) is 9.18. The summed E-state index contributed by atoms with van der Waals surface area (Å²) in [6.45, 7) is 1.89. The number of aromatic nitrogens is 2. The largest absolute Gasteiger partial charge is 0.351 e. The molecule has 1 rings (SSSR count). The Morgan fingerprint density at radius 3 is 3.18 bits per heavy atom. The summed E-state index contributed by atoms with van der Waals surface area (Å²) in [7, 11) is 0. The van der Waals surface area contributed by atoms with Crippen molar-refractivity contribution in [2.24, 2.45) is 0 Å². The lowest BCUT2D eigenvalue weighted by atomic mass is 10.4. The standard InChI is InChI=1S/C7H8N3O/c1-6(11)10-5-7-4-8-2-3-9-7/h3-4H,5H2,1H3,(H,10,11). The number of hydrogen-bond donors (Lipinski definition) is 1. The monoisotopic (exact) mass is 150 g/mol. The van der Waals surface area contributed by atoms with Crippen molar-refractivity contribution in [1.82, 2.24) is 15.3 Å². The fraction of sp³-hybridized carbons (Fsp3) is 0.286. The zero-order chi connectivity index (χ0) is 8.10. The molecule has 1 aromatic rings. The maximum Gasteiger partial charge on any atom is 0.217 e. The van der Waals surface area contributed by atoms with Gasteiger partial charge in [0.25, 0.3) is 0 Å². The Bertz CT molecular complexity index is 235. The van der Waals surface area contributed by atoms with Gasteiger partial charge in [0.2, 0.25) is 5.91 Å². The molecule has 0 fully saturated rings. The van der Waals surface area contributed by atoms with E-state index in [2.05, 4.69) is 21.5 Å². The van der Waals surface area contributed by atoms with Crippen molar-refractivity contribution < 1.29 is 4.79 Å². The topological polar surface area (TPSA) is 54.9 Å². The third-order valence-electron chi connectivity index (χ3n) is 1.09. The Balaban J connectivity index is 2.45. The van der Waals surface area contributed by atoms with Crippen molar-refractivity contribution in [3.8, 4) is 0 Å². The van der Waals surface area contributed by atoms with Crippen LogP contribution in [-0.4, -0.2) is 15.9 Å². The summed E-state index contributed by atoms with van der Waals surface area (Å²) < 4.78 is 0. The van der Waals surface area contributed by atoms with E-state index in [-0.39, 0.29) is 5.91 Å². The minimum atomic E-state index is -0.0698. The average molecular weight is 150 g/mol. The van der Waals surface area contributed by atoms with E-state index in [0.717, 1.165) is 5.69 Å². The molecule has 4 heteroatoms. The number of hydrogen-bond acceptors (Lipinski definition) is 3. The van der Waals surface area contributed by atoms with E-state index in [1.165, 1.54) is 13.1 Å². The first kappa shape index (κ1) is 7.65. The van der Waals surface area contributed by atoms with Gasteiger partial charge < -0.3 is 5.32 Å². The summed E-state index contributed by atoms with van der Waals surface area (Å²) in [5.74, 6) is -0.0698. The molecule has 0 aliphatic carbocycles. The van der Waals surface area contributed by atoms with Gasteiger partial charge in [0.1, 0.15) is 6.20 Å². The third kappa shape index (κ3) is 2.75. The fourth-order valence-corrected chi connectivity index (χ4v) is 0.597. The van der Waals surface area contributed by atoms with Crippen LogP contribution in [0, 0.1) is 6.20 Å². The van der Waals surface area contributed by atoms with Crippen LogP contribution < -0.4 is 5.32 Å². The minimum absolute atomic E-state index is 0.0698. The Morgan fingerprint density at radius 1 is 1.82 bits per heavy atom. The van der Waals surface area contributed by atoms with Crippen LogP contribution >= 0.6 is 0 Å². The highest BCUT2D eigenvalue weighted by Crippen LogP contribution is 1.87. The molecule has 11 heavy (non-hydrogen) atoms. The lowest BCUT2D eigenvalue weighted by Gasteiger charge is -1.98. The number of carbonyl (C=O) groups excluding carboxylic acids is 1. The van der Waals surface area contributed by atoms with E-state index in [0.29, 0.717) is 6.54 Å². The molecule has 0 bridgehead atoms. The zero-order valence-corrected chi connectivity index (χ0v) is 6.16. The van der Waals surface area contributed by atoms with Crippen molar-refractivity contribution in [3.63, 3.8) is 0 Å². The van der Waals surface area contributed by atoms with E-state index in [9.17, 15) is 4.79 Å². The molecule has 0 saturated heterocycles. The predicted molar refractivity (Wildman–Crippen MR) is 38.4 cm³/mol. The first-order chi connectivity index (χ1) is 5.29. The van der Waals surface area contributed by atoms with Gasteiger partial charge in [0, 0.05) is 6.92 Å². The van der Waals surface area contributed by atoms with Crippen LogP contribution in [0.25, 0.3) is 0 Å². The van der Waals surface area contributed by atoms with Crippen molar-refractivity contribution in [1.29, 1.82) is 0 Å². The van der Waals surface area contributed by atoms with Crippen LogP contribution in [0.15, 0.2) is 12.4 Å². The summed E-state index contributed by atoms with van der Waals surface area (Å²) in [5, 5.41) is 2.61. The van der Waals surface area contributed by atoms with Gasteiger partial charge in [-0.3, -0.25) is 14.8 Å². The summed E-state index contributed by atoms with van der Waals surface area (Å²) in [5.41, 5.74) is 0.735. The molecule has 4 nitrogen and oxygen atoms in total. The molecule has 0 unspecified atom stereocenters. The molecule has 0 aromatic carbocycles. The van der Waals surface area contributed by atoms with Crippen LogP contribution in [-0.2, 0) is 11.3 Å². The van der Waals surface area contributed by atoms with E-state index in [1.54, 1.807) is 6.20 Å². The predicted octanol–water partition coefficient (Wildman–Crippen LogP) is -0.0871. The van der Waals surface area contributed by atoms with Crippen molar-refractivity contribution in [3.05, 3.63) is 24.3 Å². The molecule has 57 valence electrons. The molecular formula is C7H8N3O. The van der Waals surface area contributed by atoms with Gasteiger partial charge in [-0.05, 0) is 0 Å². The quantitative estimate of drug-likeness (QED) is 0.641. The number of nitrogens with zero attached hydrogens (tertiary/aromatic N) is 2. The van der Waals surface area contributed by atoms with Crippen LogP contribution in [0.4, 0.5) is 0 Å². The highest BCUT2D eigenvalue weighted by atomic mass is 16.1. The number of amides is 1. The van der Waals surface area contributed by atoms with E-state index in [1.807, 2.05) is 0 Å². The van der Waals surface area contributed by atoms with Crippen molar-refractivity contribution in [2.45, 2.75) is 13.5 Å². The molecule has 0 saturated carbocycles. The molecule has 0 atom stereocenters. The van der Waals surface area contributed by atoms with Gasteiger partial charge >= 0.3 is 0 Å². The maximum atomic E-state index is 10.4. The smallest absolute Gasteiger partial charge is 0.217 e. The summed E-state index contributed by atoms with van der Waals surface area (Å²) in [6.07, 6.45) is 5.58. The van der Waals surface area contributed by atoms with Crippen LogP contribution in [0.1, 0.15) is 12.6 Å². The third-order valence-corrected chi connectivity index (χ3v) is 1.09. The van der Waals surface area contributed by atoms with Gasteiger partial charge in [-0.25, -0.2) is 0 Å². The average Bonchev–Trinajstić information content (AvgIpc) is 2.03. The van der Waals surface area contributed by atoms with Crippen LogP contribution in [0.5, 0.6) is 0 Å². The molecule has 1 aromatic heterocycles. The molecular weight excluding hydrogens is 142 g/mol. The van der Waals surface area contributed by atoms with E-state index in [4.69, 9.17) is 0 Å². The van der Waals surface area contributed by atoms with E-state index >= 15 is 0 Å². The molecule has 1 amide bonds. The lowest BCUT2D eigenvalue weighted by molar-refractivity contribution is -0.119. The van der Waals surface area contributed by atoms with Crippen LogP contribution in [0.3, 0.4) is 0 Å². The first-order valence-corrected chi connectivity index (χ1v) is 3.20. The Kier molecular flexibility index (Phi) is 2.54. The summed E-state index contributed by atoms with van der Waals surface area (Å²) in [6, 6.07) is 0. The van der Waals surface area contributed by atoms with Gasteiger partial charge in [-0.1, -0.05) is 0 Å². The highest BCUT2D eigenvalue weighted by Gasteiger charge is 1.93. The second kappa shape index (κ2) is 3.65. The zero-order valence-electron chi connectivity index (χ0n) is 6.16. The molecule has 0 spiro atoms. The number of rotatable bonds is 2. The number of nitrogens with one attached hydrogen (secondary N) is 1. The maximum absolute atomic E-state index is 10.4. The van der Waals surface area contributed by atoms with Crippen LogP contribution in [0.2, 0.25) is 0 Å². The molecule has 0 aliphatic heterocycles. The fourth-order valence-electron chi connectivity index (χ4n) is 0.597. The Labute approximate surface area is 64.7 Å². The van der Waals surface area contributed by atoms with Gasteiger partial charge in [0.15, 0.2) is 0 Å². The number of carbonyl (C=O) groups is 1.